The van der Waals surface area contributed by atoms with E-state index in [2.05, 4.69) is 5.32 Å². The van der Waals surface area contributed by atoms with Crippen LogP contribution in [0.2, 0.25) is 0 Å². The predicted molar refractivity (Wildman–Crippen MR) is 82.6 cm³/mol. The van der Waals surface area contributed by atoms with Gasteiger partial charge in [-0.1, -0.05) is 31.2 Å². The highest BCUT2D eigenvalue weighted by molar-refractivity contribution is 6.15. The van der Waals surface area contributed by atoms with E-state index in [0.717, 1.165) is 12.0 Å². The van der Waals surface area contributed by atoms with E-state index in [1.165, 1.54) is 4.90 Å². The summed E-state index contributed by atoms with van der Waals surface area (Å²) in [5.41, 5.74) is 1.87. The first-order valence-corrected chi connectivity index (χ1v) is 7.67. The van der Waals surface area contributed by atoms with Crippen LogP contribution >= 0.6 is 0 Å². The van der Waals surface area contributed by atoms with Crippen molar-refractivity contribution in [2.45, 2.75) is 19.8 Å². The van der Waals surface area contributed by atoms with Crippen molar-refractivity contribution in [3.63, 3.8) is 0 Å². The maximum Gasteiger partial charge on any atom is 0.304 e. The lowest BCUT2D eigenvalue weighted by molar-refractivity contribution is -0.141. The van der Waals surface area contributed by atoms with Gasteiger partial charge in [-0.3, -0.25) is 19.3 Å². The van der Waals surface area contributed by atoms with Gasteiger partial charge in [0.25, 0.3) is 0 Å². The molecule has 1 amide bonds. The van der Waals surface area contributed by atoms with Crippen molar-refractivity contribution in [2.24, 2.45) is 5.92 Å². The van der Waals surface area contributed by atoms with Gasteiger partial charge in [-0.25, -0.2) is 0 Å². The summed E-state index contributed by atoms with van der Waals surface area (Å²) in [7, 11) is 0. The minimum absolute atomic E-state index is 0.277. The molecule has 6 heteroatoms. The van der Waals surface area contributed by atoms with Crippen molar-refractivity contribution in [3.8, 4) is 0 Å². The second kappa shape index (κ2) is 5.87. The molecule has 1 fully saturated rings. The molecule has 1 aromatic rings. The zero-order valence-corrected chi connectivity index (χ0v) is 12.8. The quantitative estimate of drug-likeness (QED) is 0.797. The molecule has 6 nitrogen and oxygen atoms in total. The number of hydrogen-bond acceptors (Lipinski definition) is 4. The Kier molecular flexibility index (Phi) is 3.90. The molecule has 120 valence electrons. The molecule has 2 N–H and O–H groups in total. The zero-order chi connectivity index (χ0) is 16.6. The van der Waals surface area contributed by atoms with Crippen LogP contribution in [0.15, 0.2) is 35.7 Å². The number of carboxylic acid groups (broad SMARTS) is 1. The molecule has 0 aromatic heterocycles. The third-order valence-electron chi connectivity index (χ3n) is 4.31. The number of carbonyl (C=O) groups is 3. The number of fused-ring (bicyclic) bond motifs is 1. The van der Waals surface area contributed by atoms with Crippen molar-refractivity contribution in [3.05, 3.63) is 46.8 Å². The molecular weight excluding hydrogens is 296 g/mol. The predicted octanol–water partition coefficient (Wildman–Crippen LogP) is 1.18. The molecule has 1 aromatic carbocycles. The lowest BCUT2D eigenvalue weighted by Gasteiger charge is -2.12. The number of amides is 1. The van der Waals surface area contributed by atoms with Gasteiger partial charge in [-0.15, -0.1) is 0 Å². The van der Waals surface area contributed by atoms with Crippen LogP contribution in [0.4, 0.5) is 0 Å². The molecule has 0 spiro atoms. The molecule has 0 bridgehead atoms. The molecule has 2 aliphatic heterocycles. The monoisotopic (exact) mass is 314 g/mol. The van der Waals surface area contributed by atoms with Crippen molar-refractivity contribution in [1.29, 1.82) is 0 Å². The largest absolute Gasteiger partial charge is 0.481 e. The summed E-state index contributed by atoms with van der Waals surface area (Å²) in [6.07, 6.45) is 0.506. The van der Waals surface area contributed by atoms with Crippen molar-refractivity contribution < 1.29 is 19.5 Å². The number of hydrogen-bond donors (Lipinski definition) is 2. The highest BCUT2D eigenvalue weighted by Crippen LogP contribution is 2.34. The number of aliphatic carboxylic acids is 1. The number of benzene rings is 1. The highest BCUT2D eigenvalue weighted by Gasteiger charge is 2.45. The molecule has 0 aliphatic carbocycles. The standard InChI is InChI=1S/C17H18N2O4/c1-2-10-3-5-11(6-4-10)15(22)14-12(9-13(20)21)17(23)19-8-7-18-16(14)19/h3-6,12,18H,2,7-9H2,1H3,(H,20,21). The average Bonchev–Trinajstić information content (AvgIpc) is 3.10. The molecule has 1 saturated heterocycles. The zero-order valence-electron chi connectivity index (χ0n) is 12.8. The van der Waals surface area contributed by atoms with Gasteiger partial charge in [-0.05, 0) is 12.0 Å². The van der Waals surface area contributed by atoms with Gasteiger partial charge in [0.05, 0.1) is 17.9 Å². The van der Waals surface area contributed by atoms with Crippen LogP contribution in [0.1, 0.15) is 29.3 Å². The second-order valence-electron chi connectivity index (χ2n) is 5.71. The van der Waals surface area contributed by atoms with E-state index in [1.807, 2.05) is 19.1 Å². The summed E-state index contributed by atoms with van der Waals surface area (Å²) in [5, 5.41) is 12.1. The van der Waals surface area contributed by atoms with Crippen LogP contribution in [0.5, 0.6) is 0 Å². The topological polar surface area (TPSA) is 86.7 Å². The number of nitrogens with one attached hydrogen (secondary N) is 1. The molecule has 23 heavy (non-hydrogen) atoms. The summed E-state index contributed by atoms with van der Waals surface area (Å²) in [6.45, 7) is 3.07. The molecular formula is C17H18N2O4. The van der Waals surface area contributed by atoms with Gasteiger partial charge in [0.2, 0.25) is 5.91 Å². The lowest BCUT2D eigenvalue weighted by Crippen LogP contribution is -2.29. The molecule has 0 saturated carbocycles. The van der Waals surface area contributed by atoms with Gasteiger partial charge in [0, 0.05) is 18.7 Å². The van der Waals surface area contributed by atoms with Crippen LogP contribution in [0.25, 0.3) is 0 Å². The van der Waals surface area contributed by atoms with Crippen molar-refractivity contribution >= 4 is 17.7 Å². The number of carboxylic acids is 1. The van der Waals surface area contributed by atoms with E-state index in [1.54, 1.807) is 12.1 Å². The van der Waals surface area contributed by atoms with Gasteiger partial charge < -0.3 is 10.4 Å². The third kappa shape index (κ3) is 2.60. The fourth-order valence-corrected chi connectivity index (χ4v) is 3.11. The van der Waals surface area contributed by atoms with E-state index in [-0.39, 0.29) is 23.7 Å². The Morgan fingerprint density at radius 3 is 2.61 bits per heavy atom. The second-order valence-corrected chi connectivity index (χ2v) is 5.71. The van der Waals surface area contributed by atoms with Crippen LogP contribution in [0, 0.1) is 5.92 Å². The van der Waals surface area contributed by atoms with Gasteiger partial charge in [0.1, 0.15) is 5.82 Å². The molecule has 2 heterocycles. The van der Waals surface area contributed by atoms with E-state index < -0.39 is 11.9 Å². The van der Waals surface area contributed by atoms with Gasteiger partial charge in [0.15, 0.2) is 5.78 Å². The summed E-state index contributed by atoms with van der Waals surface area (Å²) in [5.74, 6) is -2.10. The first-order valence-electron chi connectivity index (χ1n) is 7.67. The molecule has 1 unspecified atom stereocenters. The van der Waals surface area contributed by atoms with Crippen LogP contribution in [-0.4, -0.2) is 40.8 Å². The molecule has 3 rings (SSSR count). The lowest BCUT2D eigenvalue weighted by atomic mass is 9.90. The van der Waals surface area contributed by atoms with Gasteiger partial charge in [-0.2, -0.15) is 0 Å². The fraction of sp³-hybridized carbons (Fsp3) is 0.353. The number of Topliss-reactive ketones (excluding diaryl/α,β-unsaturated/α-hetero) is 1. The SMILES string of the molecule is CCc1ccc(C(=O)C2=C3NCCN3C(=O)C2CC(=O)O)cc1. The van der Waals surface area contributed by atoms with Crippen LogP contribution < -0.4 is 5.32 Å². The summed E-state index contributed by atoms with van der Waals surface area (Å²) in [6, 6.07) is 7.21. The molecule has 0 radical (unpaired) electrons. The number of rotatable bonds is 5. The molecule has 1 atom stereocenters. The number of aryl methyl sites for hydroxylation is 1. The normalized spacial score (nSPS) is 19.8. The van der Waals surface area contributed by atoms with E-state index in [9.17, 15) is 14.4 Å². The third-order valence-corrected chi connectivity index (χ3v) is 4.31. The van der Waals surface area contributed by atoms with Gasteiger partial charge >= 0.3 is 5.97 Å². The van der Waals surface area contributed by atoms with E-state index >= 15 is 0 Å². The van der Waals surface area contributed by atoms with Crippen molar-refractivity contribution in [2.75, 3.05) is 13.1 Å². The number of nitrogens with zero attached hydrogens (tertiary/aromatic N) is 1. The van der Waals surface area contributed by atoms with Crippen molar-refractivity contribution in [1.82, 2.24) is 10.2 Å². The maximum absolute atomic E-state index is 12.9. The van der Waals surface area contributed by atoms with E-state index in [0.29, 0.717) is 24.5 Å². The Morgan fingerprint density at radius 1 is 1.30 bits per heavy atom. The maximum atomic E-state index is 12.9. The fourth-order valence-electron chi connectivity index (χ4n) is 3.11. The van der Waals surface area contributed by atoms with E-state index in [4.69, 9.17) is 5.11 Å². The Bertz CT molecular complexity index is 706. The highest BCUT2D eigenvalue weighted by atomic mass is 16.4. The number of ketones is 1. The summed E-state index contributed by atoms with van der Waals surface area (Å²) < 4.78 is 0. The van der Waals surface area contributed by atoms with Crippen LogP contribution in [-0.2, 0) is 16.0 Å². The summed E-state index contributed by atoms with van der Waals surface area (Å²) in [4.78, 5) is 37.8. The minimum atomic E-state index is -1.09. The Balaban J connectivity index is 1.98. The Morgan fingerprint density at radius 2 is 2.00 bits per heavy atom. The van der Waals surface area contributed by atoms with Crippen LogP contribution in [0.3, 0.4) is 0 Å². The Labute approximate surface area is 133 Å². The minimum Gasteiger partial charge on any atom is -0.481 e. The average molecular weight is 314 g/mol. The molecule has 2 aliphatic rings. The first-order chi connectivity index (χ1) is 11.0. The number of carbonyl (C=O) groups excluding carboxylic acids is 2. The Hall–Kier alpha value is -2.63. The smallest absolute Gasteiger partial charge is 0.304 e. The summed E-state index contributed by atoms with van der Waals surface area (Å²) >= 11 is 0. The first kappa shape index (κ1) is 15.3.